The highest BCUT2D eigenvalue weighted by Gasteiger charge is 2.35. The van der Waals surface area contributed by atoms with Crippen LogP contribution in [0.2, 0.25) is 0 Å². The summed E-state index contributed by atoms with van der Waals surface area (Å²) in [4.78, 5) is 0. The number of hydrogen-bond acceptors (Lipinski definition) is 2. The number of hydrogen-bond donors (Lipinski definition) is 0. The lowest BCUT2D eigenvalue weighted by molar-refractivity contribution is -0.227. The lowest BCUT2D eigenvalue weighted by Crippen LogP contribution is -2.38. The van der Waals surface area contributed by atoms with E-state index in [0.29, 0.717) is 17.8 Å². The molecule has 0 N–H and O–H groups in total. The van der Waals surface area contributed by atoms with Gasteiger partial charge in [0.15, 0.2) is 6.29 Å². The van der Waals surface area contributed by atoms with Gasteiger partial charge in [-0.05, 0) is 62.7 Å². The minimum atomic E-state index is -0.125. The van der Waals surface area contributed by atoms with Crippen LogP contribution in [-0.2, 0) is 9.47 Å². The van der Waals surface area contributed by atoms with Gasteiger partial charge < -0.3 is 9.47 Å². The standard InChI is InChI=1S/C19H33FO2/c1-14-12-21-19(22-13-14)18-8-6-17(7-9-18)16-4-2-15(3-5-16)10-11-20/h14-19H,2-13H2,1H3. The fourth-order valence-corrected chi connectivity index (χ4v) is 4.88. The second kappa shape index (κ2) is 8.10. The highest BCUT2D eigenvalue weighted by Crippen LogP contribution is 2.43. The predicted molar refractivity (Wildman–Crippen MR) is 86.3 cm³/mol. The molecular formula is C19H33FO2. The third-order valence-electron chi connectivity index (χ3n) is 6.37. The summed E-state index contributed by atoms with van der Waals surface area (Å²) in [6.07, 6.45) is 11.3. The van der Waals surface area contributed by atoms with E-state index in [0.717, 1.165) is 31.5 Å². The van der Waals surface area contributed by atoms with E-state index in [9.17, 15) is 4.39 Å². The van der Waals surface area contributed by atoms with Gasteiger partial charge >= 0.3 is 0 Å². The number of halogens is 1. The van der Waals surface area contributed by atoms with Crippen molar-refractivity contribution >= 4 is 0 Å². The Balaban J connectivity index is 1.39. The van der Waals surface area contributed by atoms with E-state index in [2.05, 4.69) is 6.92 Å². The van der Waals surface area contributed by atoms with Crippen LogP contribution in [0.25, 0.3) is 0 Å². The van der Waals surface area contributed by atoms with Crippen LogP contribution in [0.15, 0.2) is 0 Å². The van der Waals surface area contributed by atoms with Crippen molar-refractivity contribution in [2.75, 3.05) is 19.9 Å². The van der Waals surface area contributed by atoms with Crippen molar-refractivity contribution in [3.8, 4) is 0 Å². The summed E-state index contributed by atoms with van der Waals surface area (Å²) in [6, 6.07) is 0. The molecule has 0 unspecified atom stereocenters. The molecule has 0 atom stereocenters. The molecule has 0 aromatic rings. The van der Waals surface area contributed by atoms with Gasteiger partial charge in [0.1, 0.15) is 0 Å². The summed E-state index contributed by atoms with van der Waals surface area (Å²) in [7, 11) is 0. The molecule has 0 aromatic heterocycles. The molecule has 3 fully saturated rings. The van der Waals surface area contributed by atoms with Gasteiger partial charge in [-0.3, -0.25) is 4.39 Å². The molecule has 3 heteroatoms. The van der Waals surface area contributed by atoms with Gasteiger partial charge in [-0.1, -0.05) is 19.8 Å². The Morgan fingerprint density at radius 1 is 0.773 bits per heavy atom. The molecule has 0 bridgehead atoms. The minimum Gasteiger partial charge on any atom is -0.352 e. The molecule has 2 aliphatic carbocycles. The van der Waals surface area contributed by atoms with Gasteiger partial charge in [0.25, 0.3) is 0 Å². The van der Waals surface area contributed by atoms with Crippen LogP contribution in [0, 0.1) is 29.6 Å². The van der Waals surface area contributed by atoms with Crippen LogP contribution in [0.3, 0.4) is 0 Å². The van der Waals surface area contributed by atoms with Crippen LogP contribution in [0.5, 0.6) is 0 Å². The number of rotatable bonds is 4. The zero-order valence-corrected chi connectivity index (χ0v) is 14.1. The first-order chi connectivity index (χ1) is 10.8. The number of alkyl halides is 1. The van der Waals surface area contributed by atoms with Gasteiger partial charge in [0.05, 0.1) is 19.9 Å². The first kappa shape index (κ1) is 16.7. The summed E-state index contributed by atoms with van der Waals surface area (Å²) in [6.45, 7) is 3.79. The lowest BCUT2D eigenvalue weighted by atomic mass is 9.69. The van der Waals surface area contributed by atoms with Crippen molar-refractivity contribution in [2.45, 2.75) is 71.0 Å². The van der Waals surface area contributed by atoms with Crippen LogP contribution in [0.4, 0.5) is 4.39 Å². The predicted octanol–water partition coefficient (Wildman–Crippen LogP) is 4.97. The molecule has 1 heterocycles. The largest absolute Gasteiger partial charge is 0.352 e. The maximum Gasteiger partial charge on any atom is 0.160 e. The second-order valence-corrected chi connectivity index (χ2v) is 8.07. The Kier molecular flexibility index (Phi) is 6.15. The summed E-state index contributed by atoms with van der Waals surface area (Å²) in [5.74, 6) is 3.65. The van der Waals surface area contributed by atoms with Crippen molar-refractivity contribution in [2.24, 2.45) is 29.6 Å². The molecule has 0 amide bonds. The van der Waals surface area contributed by atoms with Crippen LogP contribution < -0.4 is 0 Å². The first-order valence-electron chi connectivity index (χ1n) is 9.55. The maximum atomic E-state index is 12.4. The molecule has 22 heavy (non-hydrogen) atoms. The molecule has 1 aliphatic heterocycles. The maximum absolute atomic E-state index is 12.4. The molecule has 0 radical (unpaired) electrons. The summed E-state index contributed by atoms with van der Waals surface area (Å²) in [5.41, 5.74) is 0. The highest BCUT2D eigenvalue weighted by atomic mass is 19.1. The van der Waals surface area contributed by atoms with Crippen molar-refractivity contribution in [3.63, 3.8) is 0 Å². The fourth-order valence-electron chi connectivity index (χ4n) is 4.88. The fraction of sp³-hybridized carbons (Fsp3) is 1.00. The van der Waals surface area contributed by atoms with Gasteiger partial charge in [0, 0.05) is 11.8 Å². The third-order valence-corrected chi connectivity index (χ3v) is 6.37. The van der Waals surface area contributed by atoms with E-state index < -0.39 is 0 Å². The Morgan fingerprint density at radius 3 is 1.82 bits per heavy atom. The van der Waals surface area contributed by atoms with E-state index in [4.69, 9.17) is 9.47 Å². The molecule has 2 saturated carbocycles. The van der Waals surface area contributed by atoms with Gasteiger partial charge in [-0.15, -0.1) is 0 Å². The average molecular weight is 312 g/mol. The zero-order valence-electron chi connectivity index (χ0n) is 14.1. The Hall–Kier alpha value is -0.150. The van der Waals surface area contributed by atoms with Crippen LogP contribution in [0.1, 0.15) is 64.7 Å². The Morgan fingerprint density at radius 2 is 1.27 bits per heavy atom. The monoisotopic (exact) mass is 312 g/mol. The van der Waals surface area contributed by atoms with Crippen LogP contribution in [-0.4, -0.2) is 26.2 Å². The third kappa shape index (κ3) is 4.23. The minimum absolute atomic E-state index is 0.0671. The van der Waals surface area contributed by atoms with Crippen molar-refractivity contribution < 1.29 is 13.9 Å². The smallest absolute Gasteiger partial charge is 0.160 e. The molecular weight excluding hydrogens is 279 g/mol. The van der Waals surface area contributed by atoms with Crippen LogP contribution >= 0.6 is 0 Å². The number of ether oxygens (including phenoxy) is 2. The molecule has 0 aromatic carbocycles. The van der Waals surface area contributed by atoms with Crippen molar-refractivity contribution in [1.82, 2.24) is 0 Å². The highest BCUT2D eigenvalue weighted by molar-refractivity contribution is 4.83. The van der Waals surface area contributed by atoms with E-state index in [1.807, 2.05) is 0 Å². The first-order valence-corrected chi connectivity index (χ1v) is 9.55. The molecule has 128 valence electrons. The van der Waals surface area contributed by atoms with E-state index in [-0.39, 0.29) is 13.0 Å². The quantitative estimate of drug-likeness (QED) is 0.730. The van der Waals surface area contributed by atoms with Crippen molar-refractivity contribution in [1.29, 1.82) is 0 Å². The van der Waals surface area contributed by atoms with E-state index in [1.165, 1.54) is 51.4 Å². The zero-order chi connectivity index (χ0) is 15.4. The summed E-state index contributed by atoms with van der Waals surface area (Å²) >= 11 is 0. The topological polar surface area (TPSA) is 18.5 Å². The average Bonchev–Trinajstić information content (AvgIpc) is 2.57. The van der Waals surface area contributed by atoms with Gasteiger partial charge in [-0.25, -0.2) is 0 Å². The van der Waals surface area contributed by atoms with E-state index >= 15 is 0 Å². The van der Waals surface area contributed by atoms with E-state index in [1.54, 1.807) is 0 Å². The SMILES string of the molecule is CC1COC(C2CCC(C3CCC(CCF)CC3)CC2)OC1. The molecule has 3 aliphatic rings. The summed E-state index contributed by atoms with van der Waals surface area (Å²) < 4.78 is 24.2. The van der Waals surface area contributed by atoms with Gasteiger partial charge in [-0.2, -0.15) is 0 Å². The summed E-state index contributed by atoms with van der Waals surface area (Å²) in [5, 5.41) is 0. The molecule has 1 saturated heterocycles. The lowest BCUT2D eigenvalue weighted by Gasteiger charge is -2.40. The van der Waals surface area contributed by atoms with Gasteiger partial charge in [0.2, 0.25) is 0 Å². The normalized spacial score (nSPS) is 43.9. The van der Waals surface area contributed by atoms with Crippen molar-refractivity contribution in [3.05, 3.63) is 0 Å². The molecule has 2 nitrogen and oxygen atoms in total. The molecule has 3 rings (SSSR count). The Labute approximate surface area is 135 Å². The second-order valence-electron chi connectivity index (χ2n) is 8.07. The Bertz CT molecular complexity index is 311. The molecule has 0 spiro atoms.